The summed E-state index contributed by atoms with van der Waals surface area (Å²) < 4.78 is 11.0. The van der Waals surface area contributed by atoms with Crippen LogP contribution in [0, 0.1) is 16.7 Å². The number of carbonyl (C=O) groups excluding carboxylic acids is 1. The van der Waals surface area contributed by atoms with Crippen LogP contribution in [0.25, 0.3) is 0 Å². The molecule has 0 radical (unpaired) electrons. The number of carbonyl (C=O) groups is 1. The largest absolute Gasteiger partial charge is 0.480 e. The Morgan fingerprint density at radius 1 is 1.39 bits per heavy atom. The first-order valence-corrected chi connectivity index (χ1v) is 10.2. The summed E-state index contributed by atoms with van der Waals surface area (Å²) >= 11 is 0. The van der Waals surface area contributed by atoms with Crippen LogP contribution in [0.1, 0.15) is 44.1 Å². The van der Waals surface area contributed by atoms with E-state index in [9.17, 15) is 10.1 Å². The van der Waals surface area contributed by atoms with Crippen molar-refractivity contribution in [2.75, 3.05) is 44.8 Å². The van der Waals surface area contributed by atoms with Crippen molar-refractivity contribution < 1.29 is 14.3 Å². The number of amides is 1. The molecule has 1 unspecified atom stereocenters. The molecule has 3 aliphatic heterocycles. The highest BCUT2D eigenvalue weighted by Gasteiger charge is 2.42. The van der Waals surface area contributed by atoms with Gasteiger partial charge in [0.2, 0.25) is 11.8 Å². The van der Waals surface area contributed by atoms with E-state index < -0.39 is 0 Å². The Balaban J connectivity index is 1.43. The number of pyridine rings is 1. The normalized spacial score (nSPS) is 24.4. The second-order valence-electron chi connectivity index (χ2n) is 8.22. The fraction of sp³-hybridized carbons (Fsp3) is 0.667. The number of nitriles is 1. The lowest BCUT2D eigenvalue weighted by Crippen LogP contribution is -2.53. The van der Waals surface area contributed by atoms with Gasteiger partial charge in [-0.2, -0.15) is 5.26 Å². The third-order valence-corrected chi connectivity index (χ3v) is 6.56. The zero-order chi connectivity index (χ0) is 19.6. The van der Waals surface area contributed by atoms with Crippen LogP contribution in [0.4, 0.5) is 5.69 Å². The number of hydrogen-bond acceptors (Lipinski definition) is 6. The Labute approximate surface area is 166 Å². The Hall–Kier alpha value is -2.33. The lowest BCUT2D eigenvalue weighted by Gasteiger charge is -2.48. The Morgan fingerprint density at radius 2 is 2.21 bits per heavy atom. The maximum absolute atomic E-state index is 12.5. The number of methoxy groups -OCH3 is 1. The van der Waals surface area contributed by atoms with E-state index in [-0.39, 0.29) is 17.4 Å². The second-order valence-corrected chi connectivity index (χ2v) is 8.22. The van der Waals surface area contributed by atoms with Gasteiger partial charge in [0, 0.05) is 45.4 Å². The molecule has 0 aromatic carbocycles. The van der Waals surface area contributed by atoms with Crippen molar-refractivity contribution in [1.82, 2.24) is 9.88 Å². The van der Waals surface area contributed by atoms with Gasteiger partial charge in [-0.15, -0.1) is 0 Å². The van der Waals surface area contributed by atoms with Crippen molar-refractivity contribution in [3.05, 3.63) is 17.8 Å². The number of hydrogen-bond donors (Lipinski definition) is 0. The fourth-order valence-electron chi connectivity index (χ4n) is 4.89. The van der Waals surface area contributed by atoms with E-state index in [0.29, 0.717) is 17.9 Å². The third-order valence-electron chi connectivity index (χ3n) is 6.56. The predicted octanol–water partition coefficient (Wildman–Crippen LogP) is 2.35. The van der Waals surface area contributed by atoms with Crippen LogP contribution in [0.15, 0.2) is 12.3 Å². The Kier molecular flexibility index (Phi) is 5.40. The van der Waals surface area contributed by atoms with Crippen LogP contribution < -0.4 is 9.64 Å². The number of aromatic nitrogens is 1. The Morgan fingerprint density at radius 3 is 2.89 bits per heavy atom. The van der Waals surface area contributed by atoms with Gasteiger partial charge in [0.25, 0.3) is 0 Å². The number of ether oxygens (including phenoxy) is 2. The summed E-state index contributed by atoms with van der Waals surface area (Å²) in [5.74, 6) is 0.653. The molecule has 1 spiro atoms. The first-order chi connectivity index (χ1) is 13.6. The van der Waals surface area contributed by atoms with Crippen molar-refractivity contribution in [1.29, 1.82) is 5.26 Å². The molecule has 1 aromatic heterocycles. The molecule has 3 aliphatic rings. The summed E-state index contributed by atoms with van der Waals surface area (Å²) in [4.78, 5) is 20.9. The molecule has 7 nitrogen and oxygen atoms in total. The van der Waals surface area contributed by atoms with Crippen LogP contribution >= 0.6 is 0 Å². The minimum Gasteiger partial charge on any atom is -0.480 e. The summed E-state index contributed by atoms with van der Waals surface area (Å²) in [7, 11) is 1.54. The third kappa shape index (κ3) is 3.66. The molecule has 0 bridgehead atoms. The number of piperidine rings is 2. The standard InChI is InChI=1S/C21H28N4O3/c1-27-20-17(13-22)18(5-9-23-20)24-10-7-21(8-11-24)6-4-19(26)25(15-21)14-16-3-2-12-28-16/h5,9,16H,2-4,6-8,10-12,14-15H2,1H3. The molecule has 0 aliphatic carbocycles. The number of anilines is 1. The fourth-order valence-corrected chi connectivity index (χ4v) is 4.89. The van der Waals surface area contributed by atoms with E-state index in [1.807, 2.05) is 11.0 Å². The molecule has 1 atom stereocenters. The van der Waals surface area contributed by atoms with Crippen LogP contribution in [-0.4, -0.2) is 61.8 Å². The van der Waals surface area contributed by atoms with Crippen LogP contribution in [0.3, 0.4) is 0 Å². The van der Waals surface area contributed by atoms with Gasteiger partial charge in [-0.05, 0) is 43.6 Å². The molecule has 1 amide bonds. The smallest absolute Gasteiger partial charge is 0.233 e. The molecule has 1 aromatic rings. The van der Waals surface area contributed by atoms with Crippen molar-refractivity contribution in [3.8, 4) is 11.9 Å². The highest BCUT2D eigenvalue weighted by Crippen LogP contribution is 2.42. The topological polar surface area (TPSA) is 78.7 Å². The van der Waals surface area contributed by atoms with Gasteiger partial charge >= 0.3 is 0 Å². The Bertz CT molecular complexity index is 761. The predicted molar refractivity (Wildman–Crippen MR) is 104 cm³/mol. The summed E-state index contributed by atoms with van der Waals surface area (Å²) in [6, 6.07) is 4.14. The first-order valence-electron chi connectivity index (χ1n) is 10.2. The van der Waals surface area contributed by atoms with Gasteiger partial charge in [0.15, 0.2) is 0 Å². The van der Waals surface area contributed by atoms with Crippen molar-refractivity contribution in [2.45, 2.75) is 44.6 Å². The van der Waals surface area contributed by atoms with Gasteiger partial charge in [-0.25, -0.2) is 4.98 Å². The van der Waals surface area contributed by atoms with Gasteiger partial charge < -0.3 is 19.3 Å². The van der Waals surface area contributed by atoms with E-state index >= 15 is 0 Å². The minimum absolute atomic E-state index is 0.187. The zero-order valence-electron chi connectivity index (χ0n) is 16.5. The minimum atomic E-state index is 0.187. The van der Waals surface area contributed by atoms with Gasteiger partial charge in [0.1, 0.15) is 11.6 Å². The lowest BCUT2D eigenvalue weighted by atomic mass is 9.72. The average Bonchev–Trinajstić information content (AvgIpc) is 3.24. The molecule has 4 rings (SSSR count). The van der Waals surface area contributed by atoms with Crippen LogP contribution in [0.5, 0.6) is 5.88 Å². The average molecular weight is 384 g/mol. The molecular weight excluding hydrogens is 356 g/mol. The zero-order valence-corrected chi connectivity index (χ0v) is 16.5. The van der Waals surface area contributed by atoms with Crippen molar-refractivity contribution in [2.24, 2.45) is 5.41 Å². The summed E-state index contributed by atoms with van der Waals surface area (Å²) in [6.07, 6.45) is 7.72. The summed E-state index contributed by atoms with van der Waals surface area (Å²) in [5.41, 5.74) is 1.58. The quantitative estimate of drug-likeness (QED) is 0.793. The monoisotopic (exact) mass is 384 g/mol. The summed E-state index contributed by atoms with van der Waals surface area (Å²) in [6.45, 7) is 4.16. The first kappa shape index (κ1) is 19.0. The van der Waals surface area contributed by atoms with E-state index in [4.69, 9.17) is 9.47 Å². The molecule has 3 saturated heterocycles. The van der Waals surface area contributed by atoms with E-state index in [1.54, 1.807) is 13.3 Å². The number of rotatable bonds is 4. The number of likely N-dealkylation sites (tertiary alicyclic amines) is 1. The molecule has 0 N–H and O–H groups in total. The SMILES string of the molecule is COc1nccc(N2CCC3(CCC(=O)N(CC4CCCO4)C3)CC2)c1C#N. The molecule has 28 heavy (non-hydrogen) atoms. The molecule has 150 valence electrons. The van der Waals surface area contributed by atoms with Crippen LogP contribution in [-0.2, 0) is 9.53 Å². The maximum Gasteiger partial charge on any atom is 0.233 e. The van der Waals surface area contributed by atoms with Gasteiger partial charge in [0.05, 0.1) is 18.9 Å². The van der Waals surface area contributed by atoms with Crippen LogP contribution in [0.2, 0.25) is 0 Å². The van der Waals surface area contributed by atoms with Crippen molar-refractivity contribution in [3.63, 3.8) is 0 Å². The van der Waals surface area contributed by atoms with E-state index in [0.717, 1.165) is 70.6 Å². The molecule has 7 heteroatoms. The number of nitrogens with zero attached hydrogens (tertiary/aromatic N) is 4. The maximum atomic E-state index is 12.5. The highest BCUT2D eigenvalue weighted by molar-refractivity contribution is 5.77. The molecular formula is C21H28N4O3. The molecule has 0 saturated carbocycles. The van der Waals surface area contributed by atoms with Gasteiger partial charge in [-0.1, -0.05) is 0 Å². The molecule has 4 heterocycles. The second kappa shape index (κ2) is 7.96. The van der Waals surface area contributed by atoms with E-state index in [2.05, 4.69) is 16.0 Å². The van der Waals surface area contributed by atoms with E-state index in [1.165, 1.54) is 0 Å². The highest BCUT2D eigenvalue weighted by atomic mass is 16.5. The molecule has 3 fully saturated rings. The lowest BCUT2D eigenvalue weighted by molar-refractivity contribution is -0.140. The van der Waals surface area contributed by atoms with Gasteiger partial charge in [-0.3, -0.25) is 4.79 Å². The summed E-state index contributed by atoms with van der Waals surface area (Å²) in [5, 5.41) is 9.55. The van der Waals surface area contributed by atoms with Crippen molar-refractivity contribution >= 4 is 11.6 Å².